The van der Waals surface area contributed by atoms with Gasteiger partial charge in [-0.3, -0.25) is 4.90 Å². The number of nitrogens with zero attached hydrogens (tertiary/aromatic N) is 1. The van der Waals surface area contributed by atoms with E-state index in [1.165, 1.54) is 55.8 Å². The first kappa shape index (κ1) is 15.4. The first-order valence-corrected chi connectivity index (χ1v) is 9.61. The largest absolute Gasteiger partial charge is 0.317 e. The molecule has 1 N–H and O–H groups in total. The summed E-state index contributed by atoms with van der Waals surface area (Å²) in [6.07, 6.45) is 7.64. The molecule has 1 atom stereocenters. The summed E-state index contributed by atoms with van der Waals surface area (Å²) in [5.41, 5.74) is 1.48. The van der Waals surface area contributed by atoms with E-state index >= 15 is 0 Å². The minimum atomic E-state index is 0.559. The molecular formula is C18H28N2S. The van der Waals surface area contributed by atoms with Crippen LogP contribution in [0, 0.1) is 5.92 Å². The predicted molar refractivity (Wildman–Crippen MR) is 92.0 cm³/mol. The Balaban J connectivity index is 1.66. The molecule has 1 saturated heterocycles. The number of nitrogens with one attached hydrogen (secondary N) is 1. The summed E-state index contributed by atoms with van der Waals surface area (Å²) in [4.78, 5) is 4.15. The minimum Gasteiger partial charge on any atom is -0.317 e. The third kappa shape index (κ3) is 4.02. The molecule has 0 radical (unpaired) electrons. The fourth-order valence-corrected chi connectivity index (χ4v) is 3.87. The van der Waals surface area contributed by atoms with Crippen molar-refractivity contribution in [3.63, 3.8) is 0 Å². The van der Waals surface area contributed by atoms with Gasteiger partial charge in [-0.15, -0.1) is 11.8 Å². The van der Waals surface area contributed by atoms with Crippen molar-refractivity contribution in [3.05, 3.63) is 29.8 Å². The van der Waals surface area contributed by atoms with Gasteiger partial charge in [0.25, 0.3) is 0 Å². The van der Waals surface area contributed by atoms with Gasteiger partial charge in [0.15, 0.2) is 0 Å². The summed E-state index contributed by atoms with van der Waals surface area (Å²) >= 11 is 1.82. The van der Waals surface area contributed by atoms with E-state index in [0.717, 1.165) is 12.0 Å². The molecule has 2 fully saturated rings. The zero-order valence-corrected chi connectivity index (χ0v) is 14.2. The molecular weight excluding hydrogens is 276 g/mol. The van der Waals surface area contributed by atoms with Crippen molar-refractivity contribution in [2.75, 3.05) is 25.9 Å². The maximum absolute atomic E-state index is 3.49. The first-order valence-electron chi connectivity index (χ1n) is 8.38. The van der Waals surface area contributed by atoms with E-state index in [2.05, 4.69) is 47.7 Å². The summed E-state index contributed by atoms with van der Waals surface area (Å²) in [5, 5.41) is 3.49. The highest BCUT2D eigenvalue weighted by Crippen LogP contribution is 2.36. The van der Waals surface area contributed by atoms with E-state index in [4.69, 9.17) is 0 Å². The van der Waals surface area contributed by atoms with Gasteiger partial charge in [-0.05, 0) is 75.6 Å². The molecule has 0 amide bonds. The lowest BCUT2D eigenvalue weighted by Gasteiger charge is -2.34. The Labute approximate surface area is 133 Å². The van der Waals surface area contributed by atoms with Crippen molar-refractivity contribution < 1.29 is 0 Å². The lowest BCUT2D eigenvalue weighted by atomic mass is 9.96. The number of thioether (sulfide) groups is 1. The quantitative estimate of drug-likeness (QED) is 0.802. The van der Waals surface area contributed by atoms with Crippen molar-refractivity contribution in [3.8, 4) is 0 Å². The lowest BCUT2D eigenvalue weighted by molar-refractivity contribution is 0.152. The van der Waals surface area contributed by atoms with Crippen LogP contribution in [0.2, 0.25) is 0 Å². The molecule has 0 bridgehead atoms. The summed E-state index contributed by atoms with van der Waals surface area (Å²) < 4.78 is 0. The van der Waals surface area contributed by atoms with E-state index in [1.807, 2.05) is 11.8 Å². The molecule has 0 aromatic heterocycles. The SMILES string of the molecule is CSc1ccc(C(C)N(CC2CCNCC2)C2CC2)cc1. The highest BCUT2D eigenvalue weighted by atomic mass is 32.2. The molecule has 2 nitrogen and oxygen atoms in total. The van der Waals surface area contributed by atoms with Crippen LogP contribution in [0.1, 0.15) is 44.2 Å². The van der Waals surface area contributed by atoms with Crippen molar-refractivity contribution in [2.45, 2.75) is 49.6 Å². The highest BCUT2D eigenvalue weighted by molar-refractivity contribution is 7.98. The van der Waals surface area contributed by atoms with Gasteiger partial charge in [0.2, 0.25) is 0 Å². The second-order valence-corrected chi connectivity index (χ2v) is 7.45. The van der Waals surface area contributed by atoms with Crippen LogP contribution in [-0.4, -0.2) is 36.8 Å². The van der Waals surface area contributed by atoms with Crippen LogP contribution < -0.4 is 5.32 Å². The molecule has 1 aliphatic heterocycles. The van der Waals surface area contributed by atoms with Crippen molar-refractivity contribution in [1.29, 1.82) is 0 Å². The molecule has 3 rings (SSSR count). The molecule has 1 unspecified atom stereocenters. The Hall–Kier alpha value is -0.510. The Morgan fingerprint density at radius 3 is 2.38 bits per heavy atom. The molecule has 2 aliphatic rings. The van der Waals surface area contributed by atoms with Gasteiger partial charge < -0.3 is 5.32 Å². The van der Waals surface area contributed by atoms with Crippen LogP contribution in [0.15, 0.2) is 29.2 Å². The van der Waals surface area contributed by atoms with E-state index in [1.54, 1.807) is 0 Å². The van der Waals surface area contributed by atoms with Crippen LogP contribution in [0.5, 0.6) is 0 Å². The maximum atomic E-state index is 3.49. The Morgan fingerprint density at radius 2 is 1.81 bits per heavy atom. The third-order valence-corrected chi connectivity index (χ3v) is 5.78. The highest BCUT2D eigenvalue weighted by Gasteiger charge is 2.34. The summed E-state index contributed by atoms with van der Waals surface area (Å²) in [6.45, 7) is 6.10. The zero-order valence-electron chi connectivity index (χ0n) is 13.3. The molecule has 116 valence electrons. The summed E-state index contributed by atoms with van der Waals surface area (Å²) in [7, 11) is 0. The fraction of sp³-hybridized carbons (Fsp3) is 0.667. The second kappa shape index (κ2) is 7.17. The van der Waals surface area contributed by atoms with Gasteiger partial charge in [0, 0.05) is 23.5 Å². The van der Waals surface area contributed by atoms with Gasteiger partial charge in [-0.1, -0.05) is 12.1 Å². The molecule has 3 heteroatoms. The van der Waals surface area contributed by atoms with Crippen molar-refractivity contribution in [2.24, 2.45) is 5.92 Å². The van der Waals surface area contributed by atoms with Crippen LogP contribution in [0.3, 0.4) is 0 Å². The van der Waals surface area contributed by atoms with E-state index in [9.17, 15) is 0 Å². The van der Waals surface area contributed by atoms with E-state index in [0.29, 0.717) is 6.04 Å². The lowest BCUT2D eigenvalue weighted by Crippen LogP contribution is -2.38. The third-order valence-electron chi connectivity index (χ3n) is 5.04. The average molecular weight is 305 g/mol. The number of hydrogen-bond donors (Lipinski definition) is 1. The fourth-order valence-electron chi connectivity index (χ4n) is 3.47. The molecule has 0 spiro atoms. The minimum absolute atomic E-state index is 0.559. The number of piperidine rings is 1. The zero-order chi connectivity index (χ0) is 14.7. The smallest absolute Gasteiger partial charge is 0.0322 e. The van der Waals surface area contributed by atoms with Crippen LogP contribution in [-0.2, 0) is 0 Å². The molecule has 1 aliphatic carbocycles. The molecule has 1 heterocycles. The average Bonchev–Trinajstić information content (AvgIpc) is 3.38. The molecule has 1 saturated carbocycles. The van der Waals surface area contributed by atoms with E-state index in [-0.39, 0.29) is 0 Å². The van der Waals surface area contributed by atoms with E-state index < -0.39 is 0 Å². The summed E-state index contributed by atoms with van der Waals surface area (Å²) in [6, 6.07) is 10.6. The Bertz CT molecular complexity index is 435. The van der Waals surface area contributed by atoms with Gasteiger partial charge in [0.05, 0.1) is 0 Å². The summed E-state index contributed by atoms with van der Waals surface area (Å²) in [5.74, 6) is 0.889. The molecule has 1 aromatic carbocycles. The Kier molecular flexibility index (Phi) is 5.25. The number of hydrogen-bond acceptors (Lipinski definition) is 3. The van der Waals surface area contributed by atoms with Crippen LogP contribution in [0.25, 0.3) is 0 Å². The molecule has 21 heavy (non-hydrogen) atoms. The predicted octanol–water partition coefficient (Wildman–Crippen LogP) is 3.93. The number of rotatable bonds is 6. The normalized spacial score (nSPS) is 21.7. The van der Waals surface area contributed by atoms with Crippen molar-refractivity contribution in [1.82, 2.24) is 10.2 Å². The van der Waals surface area contributed by atoms with Gasteiger partial charge in [-0.2, -0.15) is 0 Å². The first-order chi connectivity index (χ1) is 10.3. The Morgan fingerprint density at radius 1 is 1.14 bits per heavy atom. The molecule has 1 aromatic rings. The number of benzene rings is 1. The monoisotopic (exact) mass is 304 g/mol. The van der Waals surface area contributed by atoms with Gasteiger partial charge in [0.1, 0.15) is 0 Å². The standard InChI is InChI=1S/C18H28N2S/c1-14(16-3-7-18(21-2)8-4-16)20(17-5-6-17)13-15-9-11-19-12-10-15/h3-4,7-8,14-15,17,19H,5-6,9-13H2,1-2H3. The second-order valence-electron chi connectivity index (χ2n) is 6.57. The van der Waals surface area contributed by atoms with Gasteiger partial charge >= 0.3 is 0 Å². The topological polar surface area (TPSA) is 15.3 Å². The van der Waals surface area contributed by atoms with Crippen molar-refractivity contribution >= 4 is 11.8 Å². The van der Waals surface area contributed by atoms with Gasteiger partial charge in [-0.25, -0.2) is 0 Å². The maximum Gasteiger partial charge on any atom is 0.0322 e. The van der Waals surface area contributed by atoms with Crippen LogP contribution in [0.4, 0.5) is 0 Å². The van der Waals surface area contributed by atoms with Crippen LogP contribution >= 0.6 is 11.8 Å².